The fourth-order valence-electron chi connectivity index (χ4n) is 3.30. The largest absolute Gasteiger partial charge is 0.349 e. The number of carbonyl (C=O) groups is 2. The van der Waals surface area contributed by atoms with Gasteiger partial charge in [0, 0.05) is 23.9 Å². The minimum Gasteiger partial charge on any atom is -0.349 e. The molecule has 1 aromatic rings. The topological polar surface area (TPSA) is 62.3 Å². The molecule has 0 aromatic carbocycles. The third-order valence-electron chi connectivity index (χ3n) is 4.69. The number of hydrogen-bond acceptors (Lipinski definition) is 4. The molecule has 2 amide bonds. The number of aromatic nitrogens is 1. The van der Waals surface area contributed by atoms with Gasteiger partial charge in [-0.1, -0.05) is 25.7 Å². The average molecular weight is 366 g/mol. The molecule has 1 fully saturated rings. The third kappa shape index (κ3) is 6.10. The van der Waals surface area contributed by atoms with E-state index in [1.54, 1.807) is 5.38 Å². The number of amides is 2. The number of hydrogen-bond donors (Lipinski definition) is 1. The summed E-state index contributed by atoms with van der Waals surface area (Å²) in [6.45, 7) is 8.41. The van der Waals surface area contributed by atoms with Crippen molar-refractivity contribution < 1.29 is 9.59 Å². The molecule has 0 atom stereocenters. The van der Waals surface area contributed by atoms with Crippen LogP contribution in [0, 0.1) is 5.92 Å². The number of nitrogens with zero attached hydrogens (tertiary/aromatic N) is 2. The smallest absolute Gasteiger partial charge is 0.270 e. The van der Waals surface area contributed by atoms with Gasteiger partial charge in [-0.25, -0.2) is 4.98 Å². The van der Waals surface area contributed by atoms with Gasteiger partial charge in [0.25, 0.3) is 5.91 Å². The van der Waals surface area contributed by atoms with Gasteiger partial charge in [0.15, 0.2) is 0 Å². The summed E-state index contributed by atoms with van der Waals surface area (Å²) < 4.78 is 0. The van der Waals surface area contributed by atoms with E-state index in [9.17, 15) is 9.59 Å². The molecular weight excluding hydrogens is 334 g/mol. The van der Waals surface area contributed by atoms with Crippen molar-refractivity contribution >= 4 is 23.2 Å². The van der Waals surface area contributed by atoms with Gasteiger partial charge in [-0.2, -0.15) is 0 Å². The van der Waals surface area contributed by atoms with Gasteiger partial charge < -0.3 is 10.2 Å². The van der Waals surface area contributed by atoms with Gasteiger partial charge in [0.1, 0.15) is 10.7 Å². The molecule has 1 aliphatic rings. The van der Waals surface area contributed by atoms with Crippen molar-refractivity contribution in [3.8, 4) is 0 Å². The van der Waals surface area contributed by atoms with E-state index in [0.29, 0.717) is 18.7 Å². The molecule has 1 heterocycles. The number of rotatable bonds is 8. The summed E-state index contributed by atoms with van der Waals surface area (Å²) in [6.07, 6.45) is 6.79. The Bertz CT molecular complexity index is 577. The molecule has 2 rings (SSSR count). The highest BCUT2D eigenvalue weighted by atomic mass is 32.1. The highest BCUT2D eigenvalue weighted by molar-refractivity contribution is 7.09. The van der Waals surface area contributed by atoms with Crippen LogP contribution in [0.4, 0.5) is 0 Å². The predicted octanol–water partition coefficient (Wildman–Crippen LogP) is 3.99. The van der Waals surface area contributed by atoms with Gasteiger partial charge in [-0.05, 0) is 40.0 Å². The van der Waals surface area contributed by atoms with Crippen LogP contribution in [0.2, 0.25) is 0 Å². The SMILES string of the molecule is CC(C)NC(=O)c1csc(CN(C(=O)CCC2CCCC2)C(C)C)n1. The van der Waals surface area contributed by atoms with Crippen molar-refractivity contribution in [3.63, 3.8) is 0 Å². The molecule has 5 nitrogen and oxygen atoms in total. The Morgan fingerprint density at radius 2 is 1.96 bits per heavy atom. The number of carbonyl (C=O) groups excluding carboxylic acids is 2. The fraction of sp³-hybridized carbons (Fsp3) is 0.737. The van der Waals surface area contributed by atoms with Crippen molar-refractivity contribution in [2.75, 3.05) is 0 Å². The molecule has 0 spiro atoms. The second-order valence-corrected chi connectivity index (χ2v) is 8.50. The zero-order chi connectivity index (χ0) is 18.4. The minimum absolute atomic E-state index is 0.0852. The van der Waals surface area contributed by atoms with Gasteiger partial charge in [-0.3, -0.25) is 9.59 Å². The molecule has 140 valence electrons. The first-order chi connectivity index (χ1) is 11.9. The molecule has 0 aliphatic heterocycles. The molecule has 1 aliphatic carbocycles. The molecule has 0 bridgehead atoms. The molecule has 25 heavy (non-hydrogen) atoms. The molecule has 1 N–H and O–H groups in total. The standard InChI is InChI=1S/C19H31N3O2S/c1-13(2)20-19(24)16-12-25-17(21-16)11-22(14(3)4)18(23)10-9-15-7-5-6-8-15/h12-15H,5-11H2,1-4H3,(H,20,24). The first-order valence-electron chi connectivity index (χ1n) is 9.41. The molecule has 6 heteroatoms. The van der Waals surface area contributed by atoms with E-state index in [1.807, 2.05) is 32.6 Å². The summed E-state index contributed by atoms with van der Waals surface area (Å²) in [5.74, 6) is 0.774. The van der Waals surface area contributed by atoms with E-state index in [4.69, 9.17) is 0 Å². The first-order valence-corrected chi connectivity index (χ1v) is 10.3. The quantitative estimate of drug-likeness (QED) is 0.758. The Morgan fingerprint density at radius 3 is 2.56 bits per heavy atom. The minimum atomic E-state index is -0.152. The Hall–Kier alpha value is -1.43. The lowest BCUT2D eigenvalue weighted by Gasteiger charge is -2.26. The lowest BCUT2D eigenvalue weighted by atomic mass is 10.0. The van der Waals surface area contributed by atoms with E-state index in [0.717, 1.165) is 17.3 Å². The van der Waals surface area contributed by atoms with Crippen molar-refractivity contribution in [1.29, 1.82) is 0 Å². The van der Waals surface area contributed by atoms with Crippen LogP contribution in [0.1, 0.15) is 81.7 Å². The number of thiazole rings is 1. The lowest BCUT2D eigenvalue weighted by Crippen LogP contribution is -2.36. The Balaban J connectivity index is 1.92. The summed E-state index contributed by atoms with van der Waals surface area (Å²) in [5, 5.41) is 5.44. The summed E-state index contributed by atoms with van der Waals surface area (Å²) in [4.78, 5) is 31.0. The van der Waals surface area contributed by atoms with Gasteiger partial charge in [-0.15, -0.1) is 11.3 Å². The molecule has 1 aromatic heterocycles. The highest BCUT2D eigenvalue weighted by Gasteiger charge is 2.22. The van der Waals surface area contributed by atoms with Crippen LogP contribution in [0.15, 0.2) is 5.38 Å². The zero-order valence-electron chi connectivity index (χ0n) is 15.9. The van der Waals surface area contributed by atoms with Crippen LogP contribution < -0.4 is 5.32 Å². The van der Waals surface area contributed by atoms with Crippen LogP contribution in [-0.2, 0) is 11.3 Å². The maximum absolute atomic E-state index is 12.7. The van der Waals surface area contributed by atoms with Crippen LogP contribution in [0.5, 0.6) is 0 Å². The maximum atomic E-state index is 12.7. The van der Waals surface area contributed by atoms with Crippen LogP contribution in [0.25, 0.3) is 0 Å². The van der Waals surface area contributed by atoms with E-state index < -0.39 is 0 Å². The highest BCUT2D eigenvalue weighted by Crippen LogP contribution is 2.29. The Labute approximate surface area is 155 Å². The fourth-order valence-corrected chi connectivity index (χ4v) is 4.07. The summed E-state index contributed by atoms with van der Waals surface area (Å²) in [5.41, 5.74) is 0.441. The maximum Gasteiger partial charge on any atom is 0.270 e. The average Bonchev–Trinajstić information content (AvgIpc) is 3.20. The van der Waals surface area contributed by atoms with Crippen LogP contribution in [0.3, 0.4) is 0 Å². The molecular formula is C19H31N3O2S. The van der Waals surface area contributed by atoms with Gasteiger partial charge >= 0.3 is 0 Å². The van der Waals surface area contributed by atoms with E-state index in [2.05, 4.69) is 10.3 Å². The summed E-state index contributed by atoms with van der Waals surface area (Å²) in [7, 11) is 0. The van der Waals surface area contributed by atoms with E-state index in [1.165, 1.54) is 37.0 Å². The van der Waals surface area contributed by atoms with Crippen molar-refractivity contribution in [2.45, 2.75) is 84.8 Å². The molecule has 0 saturated heterocycles. The molecule has 0 unspecified atom stereocenters. The summed E-state index contributed by atoms with van der Waals surface area (Å²) in [6, 6.07) is 0.217. The normalized spacial score (nSPS) is 15.1. The van der Waals surface area contributed by atoms with Crippen molar-refractivity contribution in [3.05, 3.63) is 16.1 Å². The molecule has 0 radical (unpaired) electrons. The van der Waals surface area contributed by atoms with Crippen LogP contribution in [-0.4, -0.2) is 33.8 Å². The predicted molar refractivity (Wildman–Crippen MR) is 102 cm³/mol. The lowest BCUT2D eigenvalue weighted by molar-refractivity contribution is -0.133. The van der Waals surface area contributed by atoms with Crippen molar-refractivity contribution in [1.82, 2.24) is 15.2 Å². The third-order valence-corrected chi connectivity index (χ3v) is 5.53. The second-order valence-electron chi connectivity index (χ2n) is 7.56. The van der Waals surface area contributed by atoms with Gasteiger partial charge in [0.05, 0.1) is 6.54 Å². The number of nitrogens with one attached hydrogen (secondary N) is 1. The second kappa shape index (κ2) is 9.32. The van der Waals surface area contributed by atoms with E-state index in [-0.39, 0.29) is 23.9 Å². The first kappa shape index (κ1) is 19.9. The molecule has 1 saturated carbocycles. The van der Waals surface area contributed by atoms with Gasteiger partial charge in [0.2, 0.25) is 5.91 Å². The van der Waals surface area contributed by atoms with Crippen molar-refractivity contribution in [2.24, 2.45) is 5.92 Å². The zero-order valence-corrected chi connectivity index (χ0v) is 16.7. The monoisotopic (exact) mass is 365 g/mol. The Kier molecular flexibility index (Phi) is 7.41. The summed E-state index contributed by atoms with van der Waals surface area (Å²) >= 11 is 1.45. The van der Waals surface area contributed by atoms with Crippen LogP contribution >= 0.6 is 11.3 Å². The van der Waals surface area contributed by atoms with E-state index >= 15 is 0 Å². The Morgan fingerprint density at radius 1 is 1.28 bits per heavy atom.